The second-order valence-electron chi connectivity index (χ2n) is 9.83. The Balaban J connectivity index is 1.31. The molecule has 0 unspecified atom stereocenters. The van der Waals surface area contributed by atoms with Crippen LogP contribution in [-0.4, -0.2) is 58.0 Å². The molecule has 2 aromatic heterocycles. The van der Waals surface area contributed by atoms with E-state index in [0.29, 0.717) is 18.9 Å². The zero-order valence-electron chi connectivity index (χ0n) is 22.7. The number of hydrogen-bond donors (Lipinski definition) is 0. The number of benzene rings is 2. The predicted octanol–water partition coefficient (Wildman–Crippen LogP) is 4.41. The first kappa shape index (κ1) is 27.2. The summed E-state index contributed by atoms with van der Waals surface area (Å²) in [5, 5.41) is 0. The monoisotopic (exact) mass is 548 g/mol. The highest BCUT2D eigenvalue weighted by molar-refractivity contribution is 5.79. The van der Waals surface area contributed by atoms with Gasteiger partial charge in [0.25, 0.3) is 5.56 Å². The van der Waals surface area contributed by atoms with Gasteiger partial charge in [-0.3, -0.25) is 4.79 Å². The van der Waals surface area contributed by atoms with Crippen LogP contribution in [0.25, 0.3) is 11.0 Å². The van der Waals surface area contributed by atoms with Crippen LogP contribution in [0.15, 0.2) is 65.6 Å². The zero-order chi connectivity index (χ0) is 28.1. The van der Waals surface area contributed by atoms with Crippen molar-refractivity contribution in [1.29, 1.82) is 0 Å². The van der Waals surface area contributed by atoms with Crippen LogP contribution < -0.4 is 15.4 Å². The number of halogens is 1. The fourth-order valence-corrected chi connectivity index (χ4v) is 5.02. The molecule has 11 heteroatoms. The molecule has 0 bridgehead atoms. The van der Waals surface area contributed by atoms with Crippen molar-refractivity contribution >= 4 is 29.1 Å². The predicted molar refractivity (Wildman–Crippen MR) is 150 cm³/mol. The van der Waals surface area contributed by atoms with Crippen LogP contribution in [0.3, 0.4) is 0 Å². The lowest BCUT2D eigenvalue weighted by atomic mass is 10.0. The summed E-state index contributed by atoms with van der Waals surface area (Å²) in [6.45, 7) is 3.94. The average molecular weight is 549 g/mol. The van der Waals surface area contributed by atoms with Gasteiger partial charge in [-0.05, 0) is 49.1 Å². The molecule has 4 aromatic rings. The molecule has 0 saturated carbocycles. The normalized spacial score (nSPS) is 13.9. The Hall–Kier alpha value is -4.41. The third-order valence-electron chi connectivity index (χ3n) is 7.15. The number of nitrogens with zero attached hydrogens (tertiary/aromatic N) is 6. The Morgan fingerprint density at radius 3 is 2.55 bits per heavy atom. The number of rotatable bonds is 9. The van der Waals surface area contributed by atoms with Gasteiger partial charge in [0.05, 0.1) is 24.2 Å². The summed E-state index contributed by atoms with van der Waals surface area (Å²) < 4.78 is 27.1. The molecule has 40 heavy (non-hydrogen) atoms. The third kappa shape index (κ3) is 5.93. The van der Waals surface area contributed by atoms with Gasteiger partial charge in [-0.15, -0.1) is 0 Å². The van der Waals surface area contributed by atoms with Crippen LogP contribution in [0.1, 0.15) is 31.7 Å². The number of fused-ring (bicyclic) bond motifs is 1. The molecule has 1 fully saturated rings. The average Bonchev–Trinajstić information content (AvgIpc) is 3.34. The van der Waals surface area contributed by atoms with Gasteiger partial charge in [0.1, 0.15) is 5.82 Å². The first-order valence-electron chi connectivity index (χ1n) is 13.5. The molecule has 210 valence electrons. The van der Waals surface area contributed by atoms with E-state index < -0.39 is 6.16 Å². The number of hydrogen-bond acceptors (Lipinski definition) is 8. The lowest BCUT2D eigenvalue weighted by Crippen LogP contribution is -2.46. The summed E-state index contributed by atoms with van der Waals surface area (Å²) in [5.74, 6) is 1.05. The molecule has 0 spiro atoms. The second kappa shape index (κ2) is 12.2. The molecule has 0 amide bonds. The highest BCUT2D eigenvalue weighted by atomic mass is 19.1. The largest absolute Gasteiger partial charge is 0.510 e. The van der Waals surface area contributed by atoms with Gasteiger partial charge in [0.15, 0.2) is 6.73 Å². The molecule has 1 saturated heterocycles. The number of piperidine rings is 1. The molecule has 1 aliphatic rings. The minimum Gasteiger partial charge on any atom is -0.434 e. The van der Waals surface area contributed by atoms with E-state index in [4.69, 9.17) is 14.5 Å². The Morgan fingerprint density at radius 1 is 1.05 bits per heavy atom. The topological polar surface area (TPSA) is 94.7 Å². The van der Waals surface area contributed by atoms with Crippen molar-refractivity contribution in [3.05, 3.63) is 82.5 Å². The van der Waals surface area contributed by atoms with Crippen LogP contribution in [0.4, 0.5) is 21.1 Å². The van der Waals surface area contributed by atoms with Gasteiger partial charge in [-0.1, -0.05) is 31.2 Å². The summed E-state index contributed by atoms with van der Waals surface area (Å²) in [7, 11) is 1.90. The number of anilines is 2. The first-order chi connectivity index (χ1) is 19.4. The summed E-state index contributed by atoms with van der Waals surface area (Å²) in [6, 6.07) is 16.0. The lowest BCUT2D eigenvalue weighted by Gasteiger charge is -2.38. The van der Waals surface area contributed by atoms with E-state index in [1.54, 1.807) is 12.1 Å². The maximum absolute atomic E-state index is 13.5. The van der Waals surface area contributed by atoms with E-state index in [-0.39, 0.29) is 30.8 Å². The number of para-hydroxylation sites is 2. The second-order valence-corrected chi connectivity index (χ2v) is 9.83. The van der Waals surface area contributed by atoms with Crippen LogP contribution in [0.5, 0.6) is 0 Å². The summed E-state index contributed by atoms with van der Waals surface area (Å²) in [6.07, 6.45) is 2.94. The fraction of sp³-hybridized carbons (Fsp3) is 0.379. The van der Waals surface area contributed by atoms with Crippen LogP contribution >= 0.6 is 0 Å². The van der Waals surface area contributed by atoms with E-state index in [1.807, 2.05) is 37.1 Å². The van der Waals surface area contributed by atoms with Gasteiger partial charge in [-0.2, -0.15) is 0 Å². The SMILES string of the molecule is CCCOC(=O)OCn1c(N(C)C2CCN(c3nc4ccccc4n3Cc3ccc(F)cc3)CC2)nccc1=O. The summed E-state index contributed by atoms with van der Waals surface area (Å²) in [4.78, 5) is 38.1. The van der Waals surface area contributed by atoms with E-state index in [1.165, 1.54) is 29.0 Å². The molecule has 0 radical (unpaired) electrons. The van der Waals surface area contributed by atoms with Gasteiger partial charge < -0.3 is 23.8 Å². The molecule has 3 heterocycles. The number of aromatic nitrogens is 4. The maximum Gasteiger partial charge on any atom is 0.510 e. The fourth-order valence-electron chi connectivity index (χ4n) is 5.02. The van der Waals surface area contributed by atoms with Crippen LogP contribution in [0.2, 0.25) is 0 Å². The maximum atomic E-state index is 13.5. The molecule has 5 rings (SSSR count). The zero-order valence-corrected chi connectivity index (χ0v) is 22.7. The molecule has 0 aliphatic carbocycles. The quantitative estimate of drug-likeness (QED) is 0.284. The Morgan fingerprint density at radius 2 is 1.80 bits per heavy atom. The van der Waals surface area contributed by atoms with E-state index in [9.17, 15) is 14.0 Å². The van der Waals surface area contributed by atoms with Crippen molar-refractivity contribution in [1.82, 2.24) is 19.1 Å². The van der Waals surface area contributed by atoms with Crippen LogP contribution in [-0.2, 0) is 22.7 Å². The van der Waals surface area contributed by atoms with Crippen molar-refractivity contribution in [2.75, 3.05) is 36.5 Å². The van der Waals surface area contributed by atoms with E-state index >= 15 is 0 Å². The minimum absolute atomic E-state index is 0.110. The molecular formula is C29H33FN6O4. The van der Waals surface area contributed by atoms with Crippen LogP contribution in [0, 0.1) is 5.82 Å². The van der Waals surface area contributed by atoms with Gasteiger partial charge in [0, 0.05) is 38.4 Å². The standard InChI is InChI=1S/C29H33FN6O4/c1-3-18-39-29(38)40-20-36-26(37)12-15-31-27(36)33(2)23-13-16-34(17-14-23)28-32-24-6-4-5-7-25(24)35(28)19-21-8-10-22(30)11-9-21/h4-12,15,23H,3,13-14,16-20H2,1-2H3. The van der Waals surface area contributed by atoms with Gasteiger partial charge in [0.2, 0.25) is 11.9 Å². The number of carbonyl (C=O) groups is 1. The molecule has 10 nitrogen and oxygen atoms in total. The summed E-state index contributed by atoms with van der Waals surface area (Å²) >= 11 is 0. The third-order valence-corrected chi connectivity index (χ3v) is 7.15. The van der Waals surface area contributed by atoms with Gasteiger partial charge in [-0.25, -0.2) is 23.7 Å². The Labute approximate surface area is 231 Å². The number of imidazole rings is 1. The van der Waals surface area contributed by atoms with E-state index in [2.05, 4.69) is 20.5 Å². The molecule has 0 N–H and O–H groups in total. The molecule has 2 aromatic carbocycles. The van der Waals surface area contributed by atoms with Crippen molar-refractivity contribution in [3.63, 3.8) is 0 Å². The summed E-state index contributed by atoms with van der Waals surface area (Å²) in [5.41, 5.74) is 2.62. The van der Waals surface area contributed by atoms with Crippen molar-refractivity contribution in [2.24, 2.45) is 0 Å². The minimum atomic E-state index is -0.817. The molecular weight excluding hydrogens is 515 g/mol. The molecule has 1 aliphatic heterocycles. The Bertz CT molecular complexity index is 1510. The molecule has 0 atom stereocenters. The van der Waals surface area contributed by atoms with Crippen molar-refractivity contribution in [2.45, 2.75) is 45.5 Å². The first-order valence-corrected chi connectivity index (χ1v) is 13.5. The lowest BCUT2D eigenvalue weighted by molar-refractivity contribution is 0.0330. The van der Waals surface area contributed by atoms with Gasteiger partial charge >= 0.3 is 6.16 Å². The van der Waals surface area contributed by atoms with E-state index in [0.717, 1.165) is 48.5 Å². The Kier molecular flexibility index (Phi) is 8.28. The smallest absolute Gasteiger partial charge is 0.434 e. The highest BCUT2D eigenvalue weighted by Gasteiger charge is 2.28. The highest BCUT2D eigenvalue weighted by Crippen LogP contribution is 2.28. The number of ether oxygens (including phenoxy) is 2. The number of carbonyl (C=O) groups excluding carboxylic acids is 1. The van der Waals surface area contributed by atoms with Crippen molar-refractivity contribution in [3.8, 4) is 0 Å². The van der Waals surface area contributed by atoms with Crippen molar-refractivity contribution < 1.29 is 18.7 Å².